The Morgan fingerprint density at radius 1 is 0.935 bits per heavy atom. The summed E-state index contributed by atoms with van der Waals surface area (Å²) < 4.78 is 15.5. The smallest absolute Gasteiger partial charge is 0.154 e. The van der Waals surface area contributed by atoms with E-state index in [0.29, 0.717) is 23.3 Å². The molecule has 6 heteroatoms. The Morgan fingerprint density at radius 2 is 1.77 bits per heavy atom. The van der Waals surface area contributed by atoms with E-state index >= 15 is 4.39 Å². The SMILES string of the molecule is CN1CCN(c2ccc3ccccc3c2F)c2ccc(-c3ccc(CO)nn3)cc2C1. The third-order valence-corrected chi connectivity index (χ3v) is 5.83. The van der Waals surface area contributed by atoms with Gasteiger partial charge in [0.2, 0.25) is 0 Å². The number of likely N-dealkylation sites (N-methyl/N-ethyl adjacent to an activating group) is 1. The Hall–Kier alpha value is -3.35. The molecule has 0 spiro atoms. The van der Waals surface area contributed by atoms with Crippen molar-refractivity contribution >= 4 is 22.1 Å². The van der Waals surface area contributed by atoms with E-state index in [-0.39, 0.29) is 12.4 Å². The van der Waals surface area contributed by atoms with Crippen molar-refractivity contribution in [3.05, 3.63) is 83.8 Å². The molecule has 1 aliphatic heterocycles. The van der Waals surface area contributed by atoms with E-state index in [1.54, 1.807) is 6.07 Å². The van der Waals surface area contributed by atoms with Crippen molar-refractivity contribution in [1.29, 1.82) is 0 Å². The lowest BCUT2D eigenvalue weighted by Crippen LogP contribution is -2.26. The standard InChI is InChI=1S/C25H23FN4O/c1-29-12-13-30(24-11-6-17-4-2-3-5-21(17)25(24)26)23-10-7-18(14-19(23)15-29)22-9-8-20(16-31)27-28-22/h2-11,14,31H,12-13,15-16H2,1H3. The number of fused-ring (bicyclic) bond motifs is 2. The maximum Gasteiger partial charge on any atom is 0.154 e. The molecule has 0 amide bonds. The van der Waals surface area contributed by atoms with Gasteiger partial charge in [-0.2, -0.15) is 10.2 Å². The summed E-state index contributed by atoms with van der Waals surface area (Å²) in [5, 5.41) is 19.0. The van der Waals surface area contributed by atoms with Gasteiger partial charge in [-0.05, 0) is 48.3 Å². The third-order valence-electron chi connectivity index (χ3n) is 5.83. The molecule has 0 radical (unpaired) electrons. The van der Waals surface area contributed by atoms with E-state index in [1.165, 1.54) is 0 Å². The number of benzene rings is 3. The molecule has 0 saturated heterocycles. The Morgan fingerprint density at radius 3 is 2.58 bits per heavy atom. The Balaban J connectivity index is 1.59. The predicted molar refractivity (Wildman–Crippen MR) is 121 cm³/mol. The van der Waals surface area contributed by atoms with E-state index in [4.69, 9.17) is 0 Å². The Labute approximate surface area is 180 Å². The molecule has 0 saturated carbocycles. The summed E-state index contributed by atoms with van der Waals surface area (Å²) in [7, 11) is 2.08. The normalized spacial score (nSPS) is 14.5. The van der Waals surface area contributed by atoms with Crippen LogP contribution >= 0.6 is 0 Å². The minimum absolute atomic E-state index is 0.130. The zero-order chi connectivity index (χ0) is 21.4. The van der Waals surface area contributed by atoms with Gasteiger partial charge in [0.25, 0.3) is 0 Å². The quantitative estimate of drug-likeness (QED) is 0.535. The van der Waals surface area contributed by atoms with E-state index < -0.39 is 0 Å². The van der Waals surface area contributed by atoms with E-state index in [1.807, 2.05) is 54.6 Å². The molecule has 5 rings (SSSR count). The molecule has 4 aromatic rings. The number of rotatable bonds is 3. The highest BCUT2D eigenvalue weighted by atomic mass is 19.1. The number of aliphatic hydroxyl groups excluding tert-OH is 1. The van der Waals surface area contributed by atoms with Gasteiger partial charge >= 0.3 is 0 Å². The van der Waals surface area contributed by atoms with Crippen LogP contribution in [0.1, 0.15) is 11.3 Å². The fourth-order valence-corrected chi connectivity index (χ4v) is 4.17. The number of nitrogens with zero attached hydrogens (tertiary/aromatic N) is 4. The minimum atomic E-state index is -0.192. The Bertz CT molecular complexity index is 1240. The van der Waals surface area contributed by atoms with Crippen LogP contribution in [0.25, 0.3) is 22.0 Å². The van der Waals surface area contributed by atoms with Gasteiger partial charge in [-0.25, -0.2) is 4.39 Å². The average Bonchev–Trinajstić information content (AvgIpc) is 2.97. The lowest BCUT2D eigenvalue weighted by molar-refractivity contribution is 0.275. The van der Waals surface area contributed by atoms with Gasteiger partial charge in [-0.3, -0.25) is 0 Å². The molecule has 1 aromatic heterocycles. The van der Waals surface area contributed by atoms with Crippen molar-refractivity contribution in [2.45, 2.75) is 13.2 Å². The van der Waals surface area contributed by atoms with Crippen molar-refractivity contribution in [1.82, 2.24) is 15.1 Å². The highest BCUT2D eigenvalue weighted by Crippen LogP contribution is 2.37. The molecule has 0 aliphatic carbocycles. The summed E-state index contributed by atoms with van der Waals surface area (Å²) in [6.45, 7) is 2.15. The molecule has 1 aliphatic rings. The number of anilines is 2. The summed E-state index contributed by atoms with van der Waals surface area (Å²) in [5.41, 5.74) is 4.94. The first-order chi connectivity index (χ1) is 15.1. The molecule has 2 heterocycles. The van der Waals surface area contributed by atoms with E-state index in [0.717, 1.165) is 41.0 Å². The Kier molecular flexibility index (Phi) is 5.10. The number of hydrogen-bond acceptors (Lipinski definition) is 5. The van der Waals surface area contributed by atoms with Gasteiger partial charge in [0.05, 0.1) is 23.7 Å². The first-order valence-electron chi connectivity index (χ1n) is 10.3. The molecule has 31 heavy (non-hydrogen) atoms. The lowest BCUT2D eigenvalue weighted by atomic mass is 10.0. The summed E-state index contributed by atoms with van der Waals surface area (Å²) in [6, 6.07) is 21.2. The van der Waals surface area contributed by atoms with Crippen molar-refractivity contribution < 1.29 is 9.50 Å². The largest absolute Gasteiger partial charge is 0.390 e. The lowest BCUT2D eigenvalue weighted by Gasteiger charge is -2.26. The van der Waals surface area contributed by atoms with Crippen LogP contribution in [0.4, 0.5) is 15.8 Å². The number of hydrogen-bond donors (Lipinski definition) is 1. The second-order valence-corrected chi connectivity index (χ2v) is 7.92. The molecule has 3 aromatic carbocycles. The summed E-state index contributed by atoms with van der Waals surface area (Å²) in [6.07, 6.45) is 0. The fraction of sp³-hybridized carbons (Fsp3) is 0.200. The minimum Gasteiger partial charge on any atom is -0.390 e. The number of aliphatic hydroxyl groups is 1. The average molecular weight is 414 g/mol. The summed E-state index contributed by atoms with van der Waals surface area (Å²) >= 11 is 0. The van der Waals surface area contributed by atoms with Crippen LogP contribution in [0.3, 0.4) is 0 Å². The maximum atomic E-state index is 15.5. The fourth-order valence-electron chi connectivity index (χ4n) is 4.17. The highest BCUT2D eigenvalue weighted by Gasteiger charge is 2.23. The third kappa shape index (κ3) is 3.65. The molecule has 156 valence electrons. The molecule has 1 N–H and O–H groups in total. The second-order valence-electron chi connectivity index (χ2n) is 7.92. The zero-order valence-electron chi connectivity index (χ0n) is 17.3. The maximum absolute atomic E-state index is 15.5. The van der Waals surface area contributed by atoms with Crippen molar-refractivity contribution in [3.8, 4) is 11.3 Å². The van der Waals surface area contributed by atoms with Gasteiger partial charge in [-0.1, -0.05) is 36.4 Å². The highest BCUT2D eigenvalue weighted by molar-refractivity contribution is 5.88. The van der Waals surface area contributed by atoms with E-state index in [9.17, 15) is 5.11 Å². The van der Waals surface area contributed by atoms with Crippen LogP contribution in [0.2, 0.25) is 0 Å². The van der Waals surface area contributed by atoms with Gasteiger partial charge in [0.1, 0.15) is 0 Å². The molecule has 0 atom stereocenters. The monoisotopic (exact) mass is 414 g/mol. The molecular weight excluding hydrogens is 391 g/mol. The molecule has 5 nitrogen and oxygen atoms in total. The van der Waals surface area contributed by atoms with Crippen molar-refractivity contribution in [2.75, 3.05) is 25.0 Å². The van der Waals surface area contributed by atoms with Crippen LogP contribution in [-0.2, 0) is 13.2 Å². The molecule has 0 fully saturated rings. The summed E-state index contributed by atoms with van der Waals surface area (Å²) in [5.74, 6) is -0.192. The first kappa shape index (κ1) is 19.6. The van der Waals surface area contributed by atoms with Crippen molar-refractivity contribution in [3.63, 3.8) is 0 Å². The van der Waals surface area contributed by atoms with Crippen molar-refractivity contribution in [2.24, 2.45) is 0 Å². The number of aromatic nitrogens is 2. The summed E-state index contributed by atoms with van der Waals surface area (Å²) in [4.78, 5) is 4.31. The van der Waals surface area contributed by atoms with Crippen LogP contribution in [0.5, 0.6) is 0 Å². The first-order valence-corrected chi connectivity index (χ1v) is 10.3. The molecular formula is C25H23FN4O. The van der Waals surface area contributed by atoms with Crippen LogP contribution in [0.15, 0.2) is 66.7 Å². The van der Waals surface area contributed by atoms with Crippen LogP contribution in [0, 0.1) is 5.82 Å². The van der Waals surface area contributed by atoms with Crippen LogP contribution in [-0.4, -0.2) is 40.3 Å². The second kappa shape index (κ2) is 8.06. The van der Waals surface area contributed by atoms with Gasteiger partial charge in [0, 0.05) is 36.3 Å². The topological polar surface area (TPSA) is 52.5 Å². The van der Waals surface area contributed by atoms with E-state index in [2.05, 4.69) is 33.1 Å². The van der Waals surface area contributed by atoms with Gasteiger partial charge < -0.3 is 14.9 Å². The predicted octanol–water partition coefficient (Wildman–Crippen LogP) is 4.51. The number of halogens is 1. The zero-order valence-corrected chi connectivity index (χ0v) is 17.3. The van der Waals surface area contributed by atoms with Gasteiger partial charge in [-0.15, -0.1) is 0 Å². The van der Waals surface area contributed by atoms with Gasteiger partial charge in [0.15, 0.2) is 5.82 Å². The van der Waals surface area contributed by atoms with Crippen LogP contribution < -0.4 is 4.90 Å². The molecule has 0 unspecified atom stereocenters. The molecule has 0 bridgehead atoms.